The number of rotatable bonds is 9. The smallest absolute Gasteiger partial charge is 0.135 e. The van der Waals surface area contributed by atoms with Gasteiger partial charge in [-0.3, -0.25) is 0 Å². The first-order chi connectivity index (χ1) is 26.3. The van der Waals surface area contributed by atoms with Gasteiger partial charge in [0.15, 0.2) is 0 Å². The Bertz CT molecular complexity index is 2350. The molecule has 0 fully saturated rings. The maximum Gasteiger partial charge on any atom is 0.135 e. The lowest BCUT2D eigenvalue weighted by Crippen LogP contribution is -2.43. The van der Waals surface area contributed by atoms with Crippen molar-refractivity contribution in [3.8, 4) is 34.5 Å². The van der Waals surface area contributed by atoms with E-state index >= 15 is 0 Å². The van der Waals surface area contributed by atoms with E-state index in [0.717, 1.165) is 45.6 Å². The van der Waals surface area contributed by atoms with E-state index in [2.05, 4.69) is 117 Å². The molecule has 1 heterocycles. The summed E-state index contributed by atoms with van der Waals surface area (Å²) >= 11 is 0. The van der Waals surface area contributed by atoms with Crippen molar-refractivity contribution in [2.24, 2.45) is 0 Å². The summed E-state index contributed by atoms with van der Waals surface area (Å²) in [5.41, 5.74) is 7.25. The van der Waals surface area contributed by atoms with Gasteiger partial charge in [-0.15, -0.1) is 0 Å². The maximum absolute atomic E-state index is 10.6. The Morgan fingerprint density at radius 3 is 1.48 bits per heavy atom. The number of phenols is 3. The molecule has 5 nitrogen and oxygen atoms in total. The SMILES string of the molecule is CC1(C)CC(C)(c2ccc(Oc3cc(O)ccc3C(C)(C)c3ccc(C(C)(C)c4ccc(O)cc4)cc3)cc2)c2cc(C(C)(C)c3ccc(O)cc3)ccc2O1. The third-order valence-corrected chi connectivity index (χ3v) is 12.3. The summed E-state index contributed by atoms with van der Waals surface area (Å²) in [4.78, 5) is 0. The van der Waals surface area contributed by atoms with Crippen molar-refractivity contribution in [2.45, 2.75) is 96.0 Å². The second-order valence-electron chi connectivity index (χ2n) is 17.9. The van der Waals surface area contributed by atoms with E-state index in [4.69, 9.17) is 9.47 Å². The molecule has 0 saturated heterocycles. The van der Waals surface area contributed by atoms with Crippen LogP contribution < -0.4 is 9.47 Å². The largest absolute Gasteiger partial charge is 0.508 e. The third kappa shape index (κ3) is 7.11. The molecule has 7 rings (SSSR count). The van der Waals surface area contributed by atoms with Gasteiger partial charge in [0, 0.05) is 45.3 Å². The lowest BCUT2D eigenvalue weighted by Gasteiger charge is -2.45. The Morgan fingerprint density at radius 2 is 0.946 bits per heavy atom. The number of hydrogen-bond donors (Lipinski definition) is 3. The molecule has 0 saturated carbocycles. The van der Waals surface area contributed by atoms with E-state index in [1.807, 2.05) is 42.5 Å². The van der Waals surface area contributed by atoms with Crippen molar-refractivity contribution in [3.63, 3.8) is 0 Å². The molecule has 1 aliphatic rings. The average molecular weight is 747 g/mol. The second-order valence-corrected chi connectivity index (χ2v) is 17.9. The van der Waals surface area contributed by atoms with Crippen LogP contribution in [0.2, 0.25) is 0 Å². The molecule has 6 aromatic carbocycles. The van der Waals surface area contributed by atoms with Crippen LogP contribution in [-0.4, -0.2) is 20.9 Å². The molecule has 288 valence electrons. The van der Waals surface area contributed by atoms with Crippen LogP contribution in [0.1, 0.15) is 113 Å². The number of fused-ring (bicyclic) bond motifs is 1. The van der Waals surface area contributed by atoms with Gasteiger partial charge in [0.1, 0.15) is 40.1 Å². The van der Waals surface area contributed by atoms with Gasteiger partial charge < -0.3 is 24.8 Å². The van der Waals surface area contributed by atoms with E-state index in [1.165, 1.54) is 11.1 Å². The van der Waals surface area contributed by atoms with Crippen LogP contribution in [0, 0.1) is 0 Å². The van der Waals surface area contributed by atoms with Gasteiger partial charge in [0.25, 0.3) is 0 Å². The van der Waals surface area contributed by atoms with E-state index < -0.39 is 5.41 Å². The van der Waals surface area contributed by atoms with E-state index in [0.29, 0.717) is 11.5 Å². The molecule has 0 aliphatic carbocycles. The van der Waals surface area contributed by atoms with E-state index in [-0.39, 0.29) is 39.1 Å². The summed E-state index contributed by atoms with van der Waals surface area (Å²) in [5.74, 6) is 2.82. The predicted octanol–water partition coefficient (Wildman–Crippen LogP) is 12.4. The minimum atomic E-state index is -0.444. The molecule has 0 spiro atoms. The lowest BCUT2D eigenvalue weighted by molar-refractivity contribution is 0.0582. The summed E-state index contributed by atoms with van der Waals surface area (Å²) in [5, 5.41) is 30.4. The molecule has 56 heavy (non-hydrogen) atoms. The van der Waals surface area contributed by atoms with Crippen LogP contribution in [0.5, 0.6) is 34.5 Å². The molecule has 0 bridgehead atoms. The van der Waals surface area contributed by atoms with Crippen molar-refractivity contribution < 1.29 is 24.8 Å². The minimum absolute atomic E-state index is 0.141. The zero-order valence-corrected chi connectivity index (χ0v) is 34.1. The molecular weight excluding hydrogens is 693 g/mol. The van der Waals surface area contributed by atoms with Crippen molar-refractivity contribution in [1.29, 1.82) is 0 Å². The van der Waals surface area contributed by atoms with Crippen LogP contribution in [0.4, 0.5) is 0 Å². The van der Waals surface area contributed by atoms with Gasteiger partial charge in [0.05, 0.1) is 0 Å². The number of phenolic OH excluding ortho intramolecular Hbond substituents is 3. The summed E-state index contributed by atoms with van der Waals surface area (Å²) in [6, 6.07) is 43.9. The van der Waals surface area contributed by atoms with E-state index in [9.17, 15) is 15.3 Å². The molecule has 5 heteroatoms. The maximum atomic E-state index is 10.6. The number of aromatic hydroxyl groups is 3. The predicted molar refractivity (Wildman–Crippen MR) is 226 cm³/mol. The molecule has 1 aliphatic heterocycles. The Morgan fingerprint density at radius 1 is 0.500 bits per heavy atom. The second kappa shape index (κ2) is 13.8. The average Bonchev–Trinajstić information content (AvgIpc) is 3.15. The van der Waals surface area contributed by atoms with Gasteiger partial charge in [-0.05, 0) is 95.8 Å². The van der Waals surface area contributed by atoms with E-state index in [1.54, 1.807) is 36.4 Å². The third-order valence-electron chi connectivity index (χ3n) is 12.3. The fourth-order valence-corrected chi connectivity index (χ4v) is 8.66. The van der Waals surface area contributed by atoms with Crippen molar-refractivity contribution in [2.75, 3.05) is 0 Å². The summed E-state index contributed by atoms with van der Waals surface area (Å²) in [6.07, 6.45) is 0.784. The van der Waals surface area contributed by atoms with Crippen LogP contribution in [-0.2, 0) is 21.7 Å². The van der Waals surface area contributed by atoms with Gasteiger partial charge in [-0.25, -0.2) is 0 Å². The Kier molecular flexibility index (Phi) is 9.52. The highest BCUT2D eigenvalue weighted by atomic mass is 16.5. The van der Waals surface area contributed by atoms with Gasteiger partial charge >= 0.3 is 0 Å². The summed E-state index contributed by atoms with van der Waals surface area (Å²) in [7, 11) is 0. The number of benzene rings is 6. The molecule has 0 amide bonds. The number of hydrogen-bond acceptors (Lipinski definition) is 5. The topological polar surface area (TPSA) is 79.2 Å². The first-order valence-corrected chi connectivity index (χ1v) is 19.5. The van der Waals surface area contributed by atoms with Crippen LogP contribution in [0.3, 0.4) is 0 Å². The van der Waals surface area contributed by atoms with Crippen molar-refractivity contribution in [3.05, 3.63) is 178 Å². The molecular formula is C51H54O5. The summed E-state index contributed by atoms with van der Waals surface area (Å²) in [6.45, 7) is 19.8. The van der Waals surface area contributed by atoms with Crippen LogP contribution in [0.15, 0.2) is 133 Å². The quantitative estimate of drug-likeness (QED) is 0.137. The van der Waals surface area contributed by atoms with Crippen molar-refractivity contribution >= 4 is 0 Å². The summed E-state index contributed by atoms with van der Waals surface area (Å²) < 4.78 is 13.2. The van der Waals surface area contributed by atoms with Crippen LogP contribution in [0.25, 0.3) is 0 Å². The monoisotopic (exact) mass is 746 g/mol. The first kappa shape index (κ1) is 38.6. The molecule has 1 atom stereocenters. The van der Waals surface area contributed by atoms with Crippen LogP contribution >= 0.6 is 0 Å². The minimum Gasteiger partial charge on any atom is -0.508 e. The Hall–Kier alpha value is -5.68. The van der Waals surface area contributed by atoms with Crippen molar-refractivity contribution in [1.82, 2.24) is 0 Å². The highest BCUT2D eigenvalue weighted by molar-refractivity contribution is 5.55. The molecule has 0 aromatic heterocycles. The molecule has 3 N–H and O–H groups in total. The van der Waals surface area contributed by atoms with Gasteiger partial charge in [-0.2, -0.15) is 0 Å². The number of ether oxygens (including phenoxy) is 2. The first-order valence-electron chi connectivity index (χ1n) is 19.5. The Balaban J connectivity index is 1.18. The normalized spacial score (nSPS) is 16.8. The fourth-order valence-electron chi connectivity index (χ4n) is 8.66. The molecule has 6 aromatic rings. The fraction of sp³-hybridized carbons (Fsp3) is 0.294. The Labute approximate surface area is 332 Å². The standard InChI is InChI=1S/C51H54O5/c1-47(2)32-51(9,44-30-38(20-29-45(44)56-47)49(5,6)35-16-23-40(53)24-17-35)37-18-26-42(27-19-37)55-46-31-41(54)25-28-43(46)50(7,8)36-12-10-33(11-13-36)48(3,4)34-14-21-39(52)22-15-34/h10-31,52-54H,32H2,1-9H3. The lowest BCUT2D eigenvalue weighted by atomic mass is 9.66. The molecule has 0 radical (unpaired) electrons. The highest BCUT2D eigenvalue weighted by Crippen LogP contribution is 2.51. The zero-order valence-electron chi connectivity index (χ0n) is 34.1. The highest BCUT2D eigenvalue weighted by Gasteiger charge is 2.44. The molecule has 1 unspecified atom stereocenters. The van der Waals surface area contributed by atoms with Gasteiger partial charge in [0.2, 0.25) is 0 Å². The zero-order chi connectivity index (χ0) is 40.3. The van der Waals surface area contributed by atoms with Gasteiger partial charge in [-0.1, -0.05) is 127 Å².